The minimum atomic E-state index is -2.33. The number of primary amides is 1. The van der Waals surface area contributed by atoms with E-state index in [1.54, 1.807) is 6.92 Å². The van der Waals surface area contributed by atoms with Crippen LogP contribution in [0.4, 0.5) is 0 Å². The van der Waals surface area contributed by atoms with Crippen molar-refractivity contribution in [3.63, 3.8) is 0 Å². The minimum absolute atomic E-state index is 0.00194. The van der Waals surface area contributed by atoms with Crippen molar-refractivity contribution < 1.29 is 127 Å². The fraction of sp³-hybridized carbons (Fsp3) is 0.500. The topological polar surface area (TPSA) is 564 Å². The summed E-state index contributed by atoms with van der Waals surface area (Å²) < 4.78 is 57.6. The van der Waals surface area contributed by atoms with Crippen molar-refractivity contribution in [2.45, 2.75) is 214 Å². The van der Waals surface area contributed by atoms with Gasteiger partial charge in [0.15, 0.2) is 36.2 Å². The van der Waals surface area contributed by atoms with Gasteiger partial charge in [-0.1, -0.05) is 56.6 Å². The normalized spacial score (nSPS) is 31.7. The predicted molar refractivity (Wildman–Crippen MR) is 394 cm³/mol. The number of amides is 7. The molecule has 5 aromatic rings. The standard InChI is InChI=1S/C76H95ClN10O26/c1-9-18-105-73(104)56-40-24-37(89)25-45(91)53(40)39-20-34(12-16-44(39)90)54-69(100)87-58(72(103)85-56)62(111-51-27-75(6,79)65(96)31(4)106-51)33-10-14-38(15-11-33)108-47-22-36-23-48(63(47)113-74-64(61(95)60(94)49(29-88)110-74)112-52-28-76(7,80)66(97)32(5)107-52)109-46-17-13-35(21-41(46)77)59(93)57(86-67(98)42(81-8)19-30(2)3)71(102)82-43(26-50(78)92)68(99)83-55(36)70(101)84-54/h10-17,20-25,30-32,42-43,49,51-52,54-62,64-66,74,81,88-91,93-97H,9,18-19,26-29,79-80H2,1-8H3,(H2,78,92)(H,82,102)(H,83,99)(H,84,101)(H,85,103)(H,86,98)(H,87,100)/t31-,32-,42?,43?,49+,51-,52-,54?,55?,56?,57?,58?,59?,60+,61-,62?,64+,65-,66-,74-,75-,76-/m0/s1. The van der Waals surface area contributed by atoms with E-state index in [1.165, 1.54) is 71.1 Å². The van der Waals surface area contributed by atoms with Crippen LogP contribution in [-0.4, -0.2) is 216 Å². The van der Waals surface area contributed by atoms with E-state index in [0.717, 1.165) is 48.5 Å². The first-order valence-electron chi connectivity index (χ1n) is 36.7. The Morgan fingerprint density at radius 1 is 0.681 bits per heavy atom. The number of carbonyl (C=O) groups excluding carboxylic acids is 8. The van der Waals surface area contributed by atoms with E-state index in [-0.39, 0.29) is 77.0 Å². The molecule has 8 heterocycles. The van der Waals surface area contributed by atoms with Gasteiger partial charge in [-0.2, -0.15) is 0 Å². The number of fused-ring (bicyclic) bond motifs is 15. The molecule has 11 bridgehead atoms. The SMILES string of the molecule is CCCOC(=O)C1NC(=O)C2NC(=O)C(NC(=O)C3NC(=O)C(CC(N)=O)NC(=O)C(NC(=O)C(CC(C)C)NC)C(O)c4ccc(c(Cl)c4)Oc4cc3cc(c4O[C@@H]3O[C@H](CO)[C@@H](O)[C@H](O)[C@H]3O[C@H]3C[C@](C)(N)[C@@H](O)[C@H](C)O3)Oc3ccc(cc3)C2O[C@H]2C[C@](C)(N)[C@@H](O)[C@H](C)O2)c2ccc(O)c(c2)-c2c(O)cc(O)cc21. The first kappa shape index (κ1) is 84.3. The average molecular weight is 1600 g/mol. The predicted octanol–water partition coefficient (Wildman–Crippen LogP) is 0.559. The molecule has 22 N–H and O–H groups in total. The van der Waals surface area contributed by atoms with E-state index in [1.807, 2.05) is 13.8 Å². The fourth-order valence-corrected chi connectivity index (χ4v) is 14.7. The summed E-state index contributed by atoms with van der Waals surface area (Å²) in [5, 5.41) is 122. The Hall–Kier alpha value is -9.61. The van der Waals surface area contributed by atoms with Crippen LogP contribution in [0.15, 0.2) is 84.9 Å². The zero-order valence-electron chi connectivity index (χ0n) is 62.7. The molecule has 3 fully saturated rings. The molecular formula is C76H95ClN10O26. The quantitative estimate of drug-likeness (QED) is 0.0566. The Balaban J connectivity index is 1.18. The molecule has 5 aromatic carbocycles. The van der Waals surface area contributed by atoms with E-state index in [2.05, 4.69) is 37.2 Å². The number of benzene rings is 5. The number of ether oxygens (including phenoxy) is 9. The summed E-state index contributed by atoms with van der Waals surface area (Å²) in [6, 6.07) is 2.42. The zero-order valence-corrected chi connectivity index (χ0v) is 63.5. The Labute approximate surface area is 652 Å². The minimum Gasteiger partial charge on any atom is -0.508 e. The molecule has 8 aliphatic heterocycles. The molecule has 36 nitrogen and oxygen atoms in total. The third-order valence-corrected chi connectivity index (χ3v) is 20.8. The molecule has 0 aromatic heterocycles. The largest absolute Gasteiger partial charge is 0.508 e. The van der Waals surface area contributed by atoms with Crippen LogP contribution in [0.3, 0.4) is 0 Å². The number of esters is 1. The molecule has 0 aliphatic carbocycles. The Morgan fingerprint density at radius 3 is 1.90 bits per heavy atom. The lowest BCUT2D eigenvalue weighted by Crippen LogP contribution is -2.64. The maximum atomic E-state index is 16.4. The molecular weight excluding hydrogens is 1500 g/mol. The highest BCUT2D eigenvalue weighted by Crippen LogP contribution is 2.50. The number of aromatic hydroxyl groups is 3. The summed E-state index contributed by atoms with van der Waals surface area (Å²) in [6.45, 7) is 10.2. The second-order valence-corrected chi connectivity index (χ2v) is 30.4. The van der Waals surface area contributed by atoms with Gasteiger partial charge in [-0.25, -0.2) is 4.79 Å². The highest BCUT2D eigenvalue weighted by atomic mass is 35.5. The van der Waals surface area contributed by atoms with Crippen molar-refractivity contribution in [3.05, 3.63) is 118 Å². The van der Waals surface area contributed by atoms with Crippen LogP contribution in [0.2, 0.25) is 5.02 Å². The highest BCUT2D eigenvalue weighted by molar-refractivity contribution is 6.32. The highest BCUT2D eigenvalue weighted by Gasteiger charge is 2.52. The summed E-state index contributed by atoms with van der Waals surface area (Å²) in [7, 11) is 1.48. The third kappa shape index (κ3) is 18.5. The van der Waals surface area contributed by atoms with E-state index < -0.39 is 245 Å². The first-order valence-corrected chi connectivity index (χ1v) is 37.1. The number of nitrogens with two attached hydrogens (primary N) is 3. The monoisotopic (exact) mass is 1600 g/mol. The maximum Gasteiger partial charge on any atom is 0.333 e. The molecule has 0 saturated carbocycles. The number of rotatable bonds is 17. The summed E-state index contributed by atoms with van der Waals surface area (Å²) in [6.07, 6.45) is -21.9. The van der Waals surface area contributed by atoms with Crippen molar-refractivity contribution in [2.24, 2.45) is 23.1 Å². The van der Waals surface area contributed by atoms with Crippen LogP contribution >= 0.6 is 11.6 Å². The number of phenolic OH excluding ortho intramolecular Hbond substituents is 3. The average Bonchev–Trinajstić information content (AvgIpc) is 0.765. The van der Waals surface area contributed by atoms with Gasteiger partial charge in [-0.3, -0.25) is 33.6 Å². The van der Waals surface area contributed by atoms with E-state index in [0.29, 0.717) is 0 Å². The van der Waals surface area contributed by atoms with Crippen molar-refractivity contribution in [2.75, 3.05) is 20.3 Å². The number of halogens is 1. The van der Waals surface area contributed by atoms with Crippen LogP contribution in [0.5, 0.6) is 46.0 Å². The Kier molecular flexibility index (Phi) is 25.8. The molecule has 22 atom stereocenters. The van der Waals surface area contributed by atoms with Crippen molar-refractivity contribution in [1.29, 1.82) is 0 Å². The lowest BCUT2D eigenvalue weighted by molar-refractivity contribution is -0.333. The number of nitrogens with one attached hydrogen (secondary N) is 7. The molecule has 7 amide bonds. The van der Waals surface area contributed by atoms with Gasteiger partial charge < -0.3 is 143 Å². The summed E-state index contributed by atoms with van der Waals surface area (Å²) >= 11 is 7.16. The van der Waals surface area contributed by atoms with Crippen molar-refractivity contribution in [3.8, 4) is 57.1 Å². The van der Waals surface area contributed by atoms with Crippen LogP contribution in [0.1, 0.15) is 139 Å². The molecule has 8 aliphatic rings. The zero-order chi connectivity index (χ0) is 82.1. The van der Waals surface area contributed by atoms with E-state index >= 15 is 24.0 Å². The number of carbonyl (C=O) groups is 8. The maximum absolute atomic E-state index is 16.4. The summed E-state index contributed by atoms with van der Waals surface area (Å²) in [4.78, 5) is 121. The smallest absolute Gasteiger partial charge is 0.333 e. The molecule has 13 rings (SSSR count). The van der Waals surface area contributed by atoms with E-state index in [9.17, 15) is 60.3 Å². The molecule has 612 valence electrons. The lowest BCUT2D eigenvalue weighted by atomic mass is 9.86. The van der Waals surface area contributed by atoms with Crippen LogP contribution in [0.25, 0.3) is 11.1 Å². The third-order valence-electron chi connectivity index (χ3n) is 20.5. The van der Waals surface area contributed by atoms with Crippen molar-refractivity contribution >= 4 is 58.9 Å². The number of aliphatic hydroxyl groups excluding tert-OH is 6. The number of hydrogen-bond donors (Lipinski definition) is 19. The number of likely N-dealkylation sites (N-methyl/N-ethyl adjacent to an activating group) is 1. The van der Waals surface area contributed by atoms with Gasteiger partial charge in [0.05, 0.1) is 55.1 Å². The Bertz CT molecular complexity index is 4400. The molecule has 0 spiro atoms. The van der Waals surface area contributed by atoms with Crippen LogP contribution in [0, 0.1) is 5.92 Å². The summed E-state index contributed by atoms with van der Waals surface area (Å²) in [5.74, 6) is -14.4. The second kappa shape index (κ2) is 34.6. The molecule has 3 saturated heterocycles. The van der Waals surface area contributed by atoms with Gasteiger partial charge in [0.25, 0.3) is 0 Å². The molecule has 37 heteroatoms. The Morgan fingerprint density at radius 2 is 1.29 bits per heavy atom. The number of hydrogen-bond acceptors (Lipinski definition) is 29. The second-order valence-electron chi connectivity index (χ2n) is 30.0. The van der Waals surface area contributed by atoms with Gasteiger partial charge in [0, 0.05) is 46.7 Å². The molecule has 113 heavy (non-hydrogen) atoms. The van der Waals surface area contributed by atoms with Gasteiger partial charge in [-0.05, 0) is 130 Å². The number of aliphatic hydroxyl groups is 6. The summed E-state index contributed by atoms with van der Waals surface area (Å²) in [5.41, 5.74) is 14.1. The van der Waals surface area contributed by atoms with Gasteiger partial charge in [0.2, 0.25) is 53.4 Å². The van der Waals surface area contributed by atoms with Crippen LogP contribution < -0.4 is 68.6 Å². The molecule has 0 radical (unpaired) electrons. The van der Waals surface area contributed by atoms with Gasteiger partial charge in [0.1, 0.15) is 89.5 Å². The molecule has 9 unspecified atom stereocenters. The number of phenols is 3. The first-order chi connectivity index (χ1) is 53.4. The van der Waals surface area contributed by atoms with Gasteiger partial charge in [-0.15, -0.1) is 0 Å². The van der Waals surface area contributed by atoms with Gasteiger partial charge >= 0.3 is 5.97 Å². The van der Waals surface area contributed by atoms with Crippen molar-refractivity contribution in [1.82, 2.24) is 37.2 Å². The fourth-order valence-electron chi connectivity index (χ4n) is 14.5. The van der Waals surface area contributed by atoms with E-state index in [4.69, 9.17) is 71.4 Å². The van der Waals surface area contributed by atoms with Crippen LogP contribution in [-0.2, 0) is 66.8 Å². The lowest BCUT2D eigenvalue weighted by Gasteiger charge is -2.47.